The van der Waals surface area contributed by atoms with Crippen LogP contribution in [0.4, 0.5) is 0 Å². The van der Waals surface area contributed by atoms with Crippen molar-refractivity contribution >= 4 is 17.9 Å². The lowest BCUT2D eigenvalue weighted by atomic mass is 10.2. The first kappa shape index (κ1) is 14.4. The molecule has 0 unspecified atom stereocenters. The maximum atomic E-state index is 10.9. The molecule has 3 atom stereocenters. The lowest BCUT2D eigenvalue weighted by molar-refractivity contribution is -0.196. The minimum absolute atomic E-state index is 0.0326. The highest BCUT2D eigenvalue weighted by Gasteiger charge is 2.40. The molecule has 18 heavy (non-hydrogen) atoms. The van der Waals surface area contributed by atoms with Crippen LogP contribution in [0.15, 0.2) is 0 Å². The van der Waals surface area contributed by atoms with Crippen LogP contribution < -0.4 is 0 Å². The fourth-order valence-corrected chi connectivity index (χ4v) is 1.60. The molecule has 0 aromatic rings. The molecule has 1 heterocycles. The van der Waals surface area contributed by atoms with E-state index in [1.54, 1.807) is 0 Å². The maximum absolute atomic E-state index is 10.9. The van der Waals surface area contributed by atoms with Crippen molar-refractivity contribution in [2.75, 3.05) is 6.61 Å². The number of hydrogen-bond donors (Lipinski definition) is 0. The molecule has 0 aromatic heterocycles. The van der Waals surface area contributed by atoms with Crippen LogP contribution in [0.2, 0.25) is 0 Å². The number of carbonyl (C=O) groups is 3. The second-order valence-corrected chi connectivity index (χ2v) is 3.92. The van der Waals surface area contributed by atoms with Gasteiger partial charge < -0.3 is 18.9 Å². The van der Waals surface area contributed by atoms with Gasteiger partial charge in [0.2, 0.25) is 6.29 Å². The summed E-state index contributed by atoms with van der Waals surface area (Å²) in [5, 5.41) is 0. The summed E-state index contributed by atoms with van der Waals surface area (Å²) < 4.78 is 20.0. The van der Waals surface area contributed by atoms with E-state index in [1.807, 2.05) is 0 Å². The van der Waals surface area contributed by atoms with Crippen LogP contribution in [-0.2, 0) is 33.3 Å². The van der Waals surface area contributed by atoms with Crippen molar-refractivity contribution in [2.45, 2.75) is 45.7 Å². The Morgan fingerprint density at radius 1 is 1.06 bits per heavy atom. The number of carbonyl (C=O) groups excluding carboxylic acids is 3. The SMILES string of the molecule is CC(=O)OC[C@@H]1C[C@@H](OC(C)=O)[C@@H](OC(C)=O)O1. The van der Waals surface area contributed by atoms with E-state index in [0.717, 1.165) is 0 Å². The third kappa shape index (κ3) is 4.70. The largest absolute Gasteiger partial charge is 0.463 e. The van der Waals surface area contributed by atoms with Gasteiger partial charge in [-0.15, -0.1) is 0 Å². The molecule has 7 nitrogen and oxygen atoms in total. The van der Waals surface area contributed by atoms with Crippen LogP contribution in [0, 0.1) is 0 Å². The van der Waals surface area contributed by atoms with Gasteiger partial charge in [-0.2, -0.15) is 0 Å². The molecule has 102 valence electrons. The highest BCUT2D eigenvalue weighted by molar-refractivity contribution is 5.67. The van der Waals surface area contributed by atoms with Crippen LogP contribution >= 0.6 is 0 Å². The molecule has 0 spiro atoms. The summed E-state index contributed by atoms with van der Waals surface area (Å²) in [6.45, 7) is 3.80. The number of hydrogen-bond acceptors (Lipinski definition) is 7. The van der Waals surface area contributed by atoms with Crippen LogP contribution in [0.25, 0.3) is 0 Å². The molecule has 0 amide bonds. The lowest BCUT2D eigenvalue weighted by Crippen LogP contribution is -2.30. The first-order chi connectivity index (χ1) is 8.38. The minimum Gasteiger partial charge on any atom is -0.463 e. The molecule has 1 rings (SSSR count). The second kappa shape index (κ2) is 6.34. The van der Waals surface area contributed by atoms with Gasteiger partial charge in [-0.1, -0.05) is 0 Å². The zero-order valence-electron chi connectivity index (χ0n) is 10.5. The van der Waals surface area contributed by atoms with Gasteiger partial charge >= 0.3 is 17.9 Å². The molecule has 0 radical (unpaired) electrons. The normalized spacial score (nSPS) is 26.5. The standard InChI is InChI=1S/C11H16O7/c1-6(12)15-5-9-4-10(16-7(2)13)11(18-9)17-8(3)14/h9-11H,4-5H2,1-3H3/t9-,10+,11-/m0/s1. The molecule has 0 aromatic carbocycles. The molecule has 1 fully saturated rings. The Hall–Kier alpha value is -1.63. The van der Waals surface area contributed by atoms with Crippen LogP contribution in [0.5, 0.6) is 0 Å². The Labute approximate surface area is 104 Å². The summed E-state index contributed by atoms with van der Waals surface area (Å²) in [4.78, 5) is 32.4. The first-order valence-electron chi connectivity index (χ1n) is 5.51. The van der Waals surface area contributed by atoms with Gasteiger partial charge in [0.05, 0.1) is 6.10 Å². The van der Waals surface area contributed by atoms with E-state index in [0.29, 0.717) is 6.42 Å². The van der Waals surface area contributed by atoms with Gasteiger partial charge in [0, 0.05) is 27.2 Å². The lowest BCUT2D eigenvalue weighted by Gasteiger charge is -2.17. The third-order valence-electron chi connectivity index (χ3n) is 2.20. The third-order valence-corrected chi connectivity index (χ3v) is 2.20. The Morgan fingerprint density at radius 2 is 1.67 bits per heavy atom. The smallest absolute Gasteiger partial charge is 0.305 e. The summed E-state index contributed by atoms with van der Waals surface area (Å²) in [6, 6.07) is 0. The molecule has 1 aliphatic heterocycles. The van der Waals surface area contributed by atoms with E-state index < -0.39 is 36.4 Å². The summed E-state index contributed by atoms with van der Waals surface area (Å²) >= 11 is 0. The van der Waals surface area contributed by atoms with E-state index in [1.165, 1.54) is 20.8 Å². The number of esters is 3. The predicted octanol–water partition coefficient (Wildman–Crippen LogP) is 0.159. The van der Waals surface area contributed by atoms with E-state index in [-0.39, 0.29) is 6.61 Å². The number of ether oxygens (including phenoxy) is 4. The van der Waals surface area contributed by atoms with Gasteiger partial charge in [-0.25, -0.2) is 0 Å². The molecule has 1 aliphatic rings. The van der Waals surface area contributed by atoms with Crippen LogP contribution in [0.3, 0.4) is 0 Å². The van der Waals surface area contributed by atoms with Gasteiger partial charge in [-0.3, -0.25) is 14.4 Å². The maximum Gasteiger partial charge on any atom is 0.305 e. The molecular weight excluding hydrogens is 244 g/mol. The van der Waals surface area contributed by atoms with Crippen LogP contribution in [0.1, 0.15) is 27.2 Å². The van der Waals surface area contributed by atoms with Crippen molar-refractivity contribution < 1.29 is 33.3 Å². The molecule has 0 N–H and O–H groups in total. The second-order valence-electron chi connectivity index (χ2n) is 3.92. The summed E-state index contributed by atoms with van der Waals surface area (Å²) in [5.41, 5.74) is 0. The van der Waals surface area contributed by atoms with Crippen molar-refractivity contribution in [3.8, 4) is 0 Å². The van der Waals surface area contributed by atoms with Crippen molar-refractivity contribution in [1.82, 2.24) is 0 Å². The fraction of sp³-hybridized carbons (Fsp3) is 0.727. The fourth-order valence-electron chi connectivity index (χ4n) is 1.60. The zero-order valence-corrected chi connectivity index (χ0v) is 10.5. The Morgan fingerprint density at radius 3 is 2.17 bits per heavy atom. The van der Waals surface area contributed by atoms with Crippen molar-refractivity contribution in [3.63, 3.8) is 0 Å². The van der Waals surface area contributed by atoms with Crippen LogP contribution in [-0.4, -0.2) is 43.0 Å². The minimum atomic E-state index is -0.952. The summed E-state index contributed by atoms with van der Waals surface area (Å²) in [7, 11) is 0. The monoisotopic (exact) mass is 260 g/mol. The van der Waals surface area contributed by atoms with Gasteiger partial charge in [0.15, 0.2) is 6.10 Å². The van der Waals surface area contributed by atoms with E-state index in [9.17, 15) is 14.4 Å². The van der Waals surface area contributed by atoms with Gasteiger partial charge in [0.1, 0.15) is 6.61 Å². The van der Waals surface area contributed by atoms with Crippen molar-refractivity contribution in [1.29, 1.82) is 0 Å². The molecule has 7 heteroatoms. The average molecular weight is 260 g/mol. The Bertz CT molecular complexity index is 314. The highest BCUT2D eigenvalue weighted by Crippen LogP contribution is 2.24. The van der Waals surface area contributed by atoms with E-state index in [4.69, 9.17) is 18.9 Å². The van der Waals surface area contributed by atoms with Gasteiger partial charge in [-0.05, 0) is 0 Å². The molecular formula is C11H16O7. The molecule has 0 aliphatic carbocycles. The molecule has 0 saturated carbocycles. The Balaban J connectivity index is 2.54. The van der Waals surface area contributed by atoms with E-state index >= 15 is 0 Å². The van der Waals surface area contributed by atoms with E-state index in [2.05, 4.69) is 0 Å². The molecule has 1 saturated heterocycles. The first-order valence-corrected chi connectivity index (χ1v) is 5.51. The summed E-state index contributed by atoms with van der Waals surface area (Å²) in [6.07, 6.45) is -1.77. The summed E-state index contributed by atoms with van der Waals surface area (Å²) in [5.74, 6) is -1.46. The Kier molecular flexibility index (Phi) is 5.08. The zero-order chi connectivity index (χ0) is 13.7. The number of rotatable bonds is 4. The molecule has 0 bridgehead atoms. The van der Waals surface area contributed by atoms with Gasteiger partial charge in [0.25, 0.3) is 0 Å². The predicted molar refractivity (Wildman–Crippen MR) is 57.2 cm³/mol. The average Bonchev–Trinajstić information content (AvgIpc) is 2.56. The quantitative estimate of drug-likeness (QED) is 0.525. The topological polar surface area (TPSA) is 88.1 Å². The van der Waals surface area contributed by atoms with Crippen molar-refractivity contribution in [3.05, 3.63) is 0 Å². The highest BCUT2D eigenvalue weighted by atomic mass is 16.7. The van der Waals surface area contributed by atoms with Crippen molar-refractivity contribution in [2.24, 2.45) is 0 Å².